The Morgan fingerprint density at radius 3 is 2.25 bits per heavy atom. The minimum absolute atomic E-state index is 1.64. The van der Waals surface area contributed by atoms with Crippen LogP contribution in [0.2, 0.25) is 0 Å². The fourth-order valence-corrected chi connectivity index (χ4v) is 0.200. The van der Waals surface area contributed by atoms with Crippen LogP contribution in [-0.2, 0) is 0 Å². The number of rotatable bonds is 2. The first-order chi connectivity index (χ1) is 3.77. The molecule has 0 aliphatic carbocycles. The van der Waals surface area contributed by atoms with Crippen LogP contribution in [-0.4, -0.2) is 31.5 Å². The highest BCUT2D eigenvalue weighted by molar-refractivity contribution is 5.57. The molecule has 0 aliphatic rings. The third-order valence-electron chi connectivity index (χ3n) is 0.465. The van der Waals surface area contributed by atoms with Gasteiger partial charge in [-0.1, -0.05) is 0 Å². The van der Waals surface area contributed by atoms with Gasteiger partial charge in [0.05, 0.1) is 0 Å². The Labute approximate surface area is 49.7 Å². The molecule has 0 rings (SSSR count). The van der Waals surface area contributed by atoms with E-state index in [1.54, 1.807) is 12.6 Å². The largest absolute Gasteiger partial charge is 0.367 e. The third-order valence-corrected chi connectivity index (χ3v) is 0.465. The van der Waals surface area contributed by atoms with Crippen molar-refractivity contribution < 1.29 is 0 Å². The highest BCUT2D eigenvalue weighted by atomic mass is 15.3. The maximum Gasteiger partial charge on any atom is 0.113 e. The lowest BCUT2D eigenvalue weighted by atomic mass is 10.9. The van der Waals surface area contributed by atoms with Gasteiger partial charge in [0.2, 0.25) is 0 Å². The van der Waals surface area contributed by atoms with Crippen molar-refractivity contribution in [1.29, 1.82) is 0 Å². The summed E-state index contributed by atoms with van der Waals surface area (Å²) in [6, 6.07) is 0. The molecule has 0 amide bonds. The van der Waals surface area contributed by atoms with Crippen LogP contribution in [0.25, 0.3) is 0 Å². The second-order valence-electron chi connectivity index (χ2n) is 1.57. The Kier molecular flexibility index (Phi) is 3.84. The Bertz CT molecular complexity index is 93.8. The Morgan fingerprint density at radius 1 is 1.25 bits per heavy atom. The molecule has 0 radical (unpaired) electrons. The average Bonchev–Trinajstić information content (AvgIpc) is 1.66. The zero-order valence-electron chi connectivity index (χ0n) is 5.50. The summed E-state index contributed by atoms with van der Waals surface area (Å²) in [7, 11) is 3.80. The smallest absolute Gasteiger partial charge is 0.113 e. The highest BCUT2D eigenvalue weighted by Crippen LogP contribution is 1.67. The van der Waals surface area contributed by atoms with Crippen LogP contribution in [0.15, 0.2) is 10.2 Å². The van der Waals surface area contributed by atoms with E-state index in [-0.39, 0.29) is 0 Å². The molecule has 0 saturated carbocycles. The molecule has 0 spiro atoms. The van der Waals surface area contributed by atoms with Crippen LogP contribution in [0.1, 0.15) is 6.92 Å². The summed E-state index contributed by atoms with van der Waals surface area (Å²) in [5, 5.41) is 7.27. The summed E-state index contributed by atoms with van der Waals surface area (Å²) in [5.41, 5.74) is 0. The molecule has 0 heterocycles. The van der Waals surface area contributed by atoms with Crippen LogP contribution in [0, 0.1) is 0 Å². The summed E-state index contributed by atoms with van der Waals surface area (Å²) in [6.45, 7) is 1.83. The maximum absolute atomic E-state index is 3.66. The molecular weight excluding hydrogens is 102 g/mol. The number of hydrogen-bond acceptors (Lipinski definition) is 2. The average molecular weight is 113 g/mol. The van der Waals surface area contributed by atoms with Gasteiger partial charge in [0, 0.05) is 20.3 Å². The number of hydrogen-bond donors (Lipinski definition) is 0. The molecular formula is C5H11N3. The molecule has 3 heteroatoms. The van der Waals surface area contributed by atoms with Gasteiger partial charge in [0.15, 0.2) is 0 Å². The van der Waals surface area contributed by atoms with Gasteiger partial charge in [0.1, 0.15) is 6.34 Å². The number of nitrogens with zero attached hydrogens (tertiary/aromatic N) is 3. The molecule has 46 valence electrons. The second kappa shape index (κ2) is 4.30. The van der Waals surface area contributed by atoms with Gasteiger partial charge in [-0.05, 0) is 6.92 Å². The van der Waals surface area contributed by atoms with E-state index in [1.165, 1.54) is 0 Å². The van der Waals surface area contributed by atoms with E-state index >= 15 is 0 Å². The van der Waals surface area contributed by atoms with Crippen LogP contribution in [0.5, 0.6) is 0 Å². The summed E-state index contributed by atoms with van der Waals surface area (Å²) in [4.78, 5) is 1.83. The predicted molar refractivity (Wildman–Crippen MR) is 36.3 cm³/mol. The first kappa shape index (κ1) is 7.14. The Balaban J connectivity index is 3.34. The lowest BCUT2D eigenvalue weighted by Crippen LogP contribution is -2.06. The van der Waals surface area contributed by atoms with Gasteiger partial charge in [-0.3, -0.25) is 0 Å². The molecule has 0 bridgehead atoms. The van der Waals surface area contributed by atoms with Crippen molar-refractivity contribution in [2.75, 3.05) is 14.1 Å². The van der Waals surface area contributed by atoms with Gasteiger partial charge < -0.3 is 4.90 Å². The minimum Gasteiger partial charge on any atom is -0.367 e. The maximum atomic E-state index is 3.66. The predicted octanol–water partition coefficient (Wildman–Crippen LogP) is 0.582. The van der Waals surface area contributed by atoms with Crippen molar-refractivity contribution >= 4 is 12.6 Å². The van der Waals surface area contributed by atoms with E-state index in [0.29, 0.717) is 0 Å². The minimum atomic E-state index is 1.64. The molecule has 0 aromatic rings. The SMILES string of the molecule is C/C=N\N=C/N(C)C. The zero-order valence-corrected chi connectivity index (χ0v) is 5.50. The van der Waals surface area contributed by atoms with Crippen LogP contribution in [0.4, 0.5) is 0 Å². The molecule has 0 fully saturated rings. The zero-order chi connectivity index (χ0) is 6.41. The van der Waals surface area contributed by atoms with E-state index in [1.807, 2.05) is 25.9 Å². The molecule has 3 nitrogen and oxygen atoms in total. The van der Waals surface area contributed by atoms with E-state index in [9.17, 15) is 0 Å². The first-order valence-corrected chi connectivity index (χ1v) is 2.45. The molecule has 0 unspecified atom stereocenters. The molecule has 0 atom stereocenters. The van der Waals surface area contributed by atoms with E-state index in [4.69, 9.17) is 0 Å². The van der Waals surface area contributed by atoms with Gasteiger partial charge in [-0.25, -0.2) is 0 Å². The van der Waals surface area contributed by atoms with Crippen molar-refractivity contribution in [3.8, 4) is 0 Å². The molecule has 0 aromatic heterocycles. The van der Waals surface area contributed by atoms with Gasteiger partial charge in [-0.15, -0.1) is 5.10 Å². The van der Waals surface area contributed by atoms with Crippen molar-refractivity contribution in [1.82, 2.24) is 4.90 Å². The second-order valence-corrected chi connectivity index (χ2v) is 1.57. The quantitative estimate of drug-likeness (QED) is 0.292. The molecule has 0 aromatic carbocycles. The van der Waals surface area contributed by atoms with Crippen LogP contribution >= 0.6 is 0 Å². The first-order valence-electron chi connectivity index (χ1n) is 2.45. The summed E-state index contributed by atoms with van der Waals surface area (Å²) in [5.74, 6) is 0. The Hall–Kier alpha value is -0.860. The van der Waals surface area contributed by atoms with Gasteiger partial charge in [-0.2, -0.15) is 5.10 Å². The monoisotopic (exact) mass is 113 g/mol. The normalized spacial score (nSPS) is 11.4. The lowest BCUT2D eigenvalue weighted by Gasteiger charge is -1.98. The standard InChI is InChI=1S/C5H11N3/c1-4-6-7-5-8(2)3/h4-5H,1-3H3/b6-4-,7-5-. The van der Waals surface area contributed by atoms with Crippen molar-refractivity contribution in [3.63, 3.8) is 0 Å². The summed E-state index contributed by atoms with van der Waals surface area (Å²) < 4.78 is 0. The summed E-state index contributed by atoms with van der Waals surface area (Å²) in [6.07, 6.45) is 3.28. The fraction of sp³-hybridized carbons (Fsp3) is 0.600. The van der Waals surface area contributed by atoms with Crippen LogP contribution in [0.3, 0.4) is 0 Å². The third kappa shape index (κ3) is 5.14. The van der Waals surface area contributed by atoms with Crippen LogP contribution < -0.4 is 0 Å². The highest BCUT2D eigenvalue weighted by Gasteiger charge is 1.70. The molecule has 0 saturated heterocycles. The summed E-state index contributed by atoms with van der Waals surface area (Å²) >= 11 is 0. The Morgan fingerprint density at radius 2 is 1.88 bits per heavy atom. The fourth-order valence-electron chi connectivity index (χ4n) is 0.200. The molecule has 8 heavy (non-hydrogen) atoms. The lowest BCUT2D eigenvalue weighted by molar-refractivity contribution is 0.640. The molecule has 0 aliphatic heterocycles. The van der Waals surface area contributed by atoms with E-state index < -0.39 is 0 Å². The van der Waals surface area contributed by atoms with Crippen molar-refractivity contribution in [3.05, 3.63) is 0 Å². The molecule has 0 N–H and O–H groups in total. The van der Waals surface area contributed by atoms with Crippen molar-refractivity contribution in [2.45, 2.75) is 6.92 Å². The van der Waals surface area contributed by atoms with E-state index in [2.05, 4.69) is 10.2 Å². The van der Waals surface area contributed by atoms with E-state index in [0.717, 1.165) is 0 Å². The van der Waals surface area contributed by atoms with Gasteiger partial charge >= 0.3 is 0 Å². The van der Waals surface area contributed by atoms with Gasteiger partial charge in [0.25, 0.3) is 0 Å². The van der Waals surface area contributed by atoms with Crippen molar-refractivity contribution in [2.24, 2.45) is 10.2 Å². The topological polar surface area (TPSA) is 28.0 Å².